The van der Waals surface area contributed by atoms with Gasteiger partial charge in [0.25, 0.3) is 5.91 Å². The SMILES string of the molecule is CC(C)c1ccc2c(c1)CCC1C(C)(Cn3c(-c4cccc(OCC(=O)O)c4)nc4cc(C(=O)NCCC5CCCCC5)ccc43)CCCC21C. The molecule has 1 aromatic heterocycles. The zero-order valence-corrected chi connectivity index (χ0v) is 31.0. The predicted molar refractivity (Wildman–Crippen MR) is 203 cm³/mol. The molecule has 1 heterocycles. The maximum atomic E-state index is 13.4. The molecule has 4 aromatic rings. The molecule has 270 valence electrons. The number of fused-ring (bicyclic) bond motifs is 4. The zero-order chi connectivity index (χ0) is 35.8. The van der Waals surface area contributed by atoms with Crippen LogP contribution in [0, 0.1) is 17.3 Å². The van der Waals surface area contributed by atoms with E-state index in [0.29, 0.717) is 35.6 Å². The summed E-state index contributed by atoms with van der Waals surface area (Å²) in [6.45, 7) is 10.6. The second kappa shape index (κ2) is 14.5. The second-order valence-electron chi connectivity index (χ2n) is 16.6. The lowest BCUT2D eigenvalue weighted by Gasteiger charge is -2.56. The highest BCUT2D eigenvalue weighted by molar-refractivity contribution is 5.98. The summed E-state index contributed by atoms with van der Waals surface area (Å²) >= 11 is 0. The van der Waals surface area contributed by atoms with E-state index in [1.165, 1.54) is 61.6 Å². The van der Waals surface area contributed by atoms with Crippen molar-refractivity contribution in [3.8, 4) is 17.1 Å². The molecule has 3 unspecified atom stereocenters. The van der Waals surface area contributed by atoms with Crippen molar-refractivity contribution >= 4 is 22.9 Å². The number of carboxylic acids is 1. The summed E-state index contributed by atoms with van der Waals surface area (Å²) in [5.74, 6) is 1.98. The summed E-state index contributed by atoms with van der Waals surface area (Å²) in [5.41, 5.74) is 7.89. The first-order valence-corrected chi connectivity index (χ1v) is 19.4. The third-order valence-electron chi connectivity index (χ3n) is 12.7. The normalized spacial score (nSPS) is 23.5. The van der Waals surface area contributed by atoms with E-state index in [0.717, 1.165) is 54.6 Å². The van der Waals surface area contributed by atoms with Crippen LogP contribution in [-0.2, 0) is 23.2 Å². The molecule has 0 spiro atoms. The average molecular weight is 690 g/mol. The number of nitrogens with one attached hydrogen (secondary N) is 1. The minimum atomic E-state index is -1.01. The number of rotatable bonds is 11. The van der Waals surface area contributed by atoms with E-state index < -0.39 is 12.6 Å². The number of carboxylic acid groups (broad SMARTS) is 1. The molecule has 7 heteroatoms. The lowest BCUT2D eigenvalue weighted by molar-refractivity contribution is -0.139. The van der Waals surface area contributed by atoms with Gasteiger partial charge in [0.1, 0.15) is 11.6 Å². The van der Waals surface area contributed by atoms with Crippen LogP contribution in [0.15, 0.2) is 60.7 Å². The molecular weight excluding hydrogens is 635 g/mol. The summed E-state index contributed by atoms with van der Waals surface area (Å²) in [7, 11) is 0. The van der Waals surface area contributed by atoms with Crippen molar-refractivity contribution < 1.29 is 19.4 Å². The second-order valence-corrected chi connectivity index (χ2v) is 16.6. The highest BCUT2D eigenvalue weighted by Gasteiger charge is 2.52. The van der Waals surface area contributed by atoms with Crippen molar-refractivity contribution in [1.29, 1.82) is 0 Å². The van der Waals surface area contributed by atoms with Crippen molar-refractivity contribution in [2.45, 2.75) is 116 Å². The van der Waals surface area contributed by atoms with Gasteiger partial charge in [-0.15, -0.1) is 0 Å². The van der Waals surface area contributed by atoms with E-state index >= 15 is 0 Å². The van der Waals surface area contributed by atoms with Crippen LogP contribution in [0.25, 0.3) is 22.4 Å². The Morgan fingerprint density at radius 2 is 1.80 bits per heavy atom. The maximum Gasteiger partial charge on any atom is 0.341 e. The smallest absolute Gasteiger partial charge is 0.341 e. The first kappa shape index (κ1) is 35.3. The van der Waals surface area contributed by atoms with Crippen LogP contribution in [-0.4, -0.2) is 39.7 Å². The third kappa shape index (κ3) is 7.18. The van der Waals surface area contributed by atoms with Gasteiger partial charge in [-0.3, -0.25) is 4.79 Å². The highest BCUT2D eigenvalue weighted by atomic mass is 16.5. The van der Waals surface area contributed by atoms with E-state index in [-0.39, 0.29) is 16.7 Å². The number of aromatic nitrogens is 2. The largest absolute Gasteiger partial charge is 0.482 e. The van der Waals surface area contributed by atoms with Gasteiger partial charge in [0.2, 0.25) is 0 Å². The van der Waals surface area contributed by atoms with Gasteiger partial charge in [-0.2, -0.15) is 0 Å². The lowest BCUT2D eigenvalue weighted by Crippen LogP contribution is -2.50. The van der Waals surface area contributed by atoms with Crippen molar-refractivity contribution in [3.05, 3.63) is 82.9 Å². The van der Waals surface area contributed by atoms with Crippen LogP contribution in [0.5, 0.6) is 5.75 Å². The molecule has 0 saturated heterocycles. The summed E-state index contributed by atoms with van der Waals surface area (Å²) < 4.78 is 7.96. The van der Waals surface area contributed by atoms with Crippen LogP contribution in [0.3, 0.4) is 0 Å². The van der Waals surface area contributed by atoms with E-state index in [2.05, 4.69) is 61.8 Å². The highest BCUT2D eigenvalue weighted by Crippen LogP contribution is 2.58. The van der Waals surface area contributed by atoms with E-state index in [4.69, 9.17) is 9.72 Å². The molecule has 3 aromatic carbocycles. The molecular formula is C44H55N3O4. The fourth-order valence-corrected chi connectivity index (χ4v) is 10.0. The molecule has 2 saturated carbocycles. The Hall–Kier alpha value is -4.13. The molecule has 2 fully saturated rings. The van der Waals surface area contributed by atoms with Crippen LogP contribution in [0.2, 0.25) is 0 Å². The molecule has 7 rings (SSSR count). The lowest BCUT2D eigenvalue weighted by atomic mass is 9.49. The summed E-state index contributed by atoms with van der Waals surface area (Å²) in [6, 6.07) is 20.8. The van der Waals surface area contributed by atoms with Gasteiger partial charge in [-0.05, 0) is 108 Å². The zero-order valence-electron chi connectivity index (χ0n) is 31.0. The number of imidazole rings is 1. The number of carbonyl (C=O) groups excluding carboxylic acids is 1. The summed E-state index contributed by atoms with van der Waals surface area (Å²) in [5, 5.41) is 12.4. The van der Waals surface area contributed by atoms with Crippen molar-refractivity contribution in [2.75, 3.05) is 13.2 Å². The molecule has 3 aliphatic carbocycles. The Kier molecular flexibility index (Phi) is 10.0. The summed E-state index contributed by atoms with van der Waals surface area (Å²) in [6.07, 6.45) is 13.3. The number of amides is 1. The van der Waals surface area contributed by atoms with Crippen LogP contribution >= 0.6 is 0 Å². The molecule has 7 nitrogen and oxygen atoms in total. The van der Waals surface area contributed by atoms with E-state index in [9.17, 15) is 14.7 Å². The van der Waals surface area contributed by atoms with Crippen LogP contribution in [0.4, 0.5) is 0 Å². The Labute approximate surface area is 303 Å². The van der Waals surface area contributed by atoms with E-state index in [1.807, 2.05) is 30.3 Å². The van der Waals surface area contributed by atoms with Crippen LogP contribution < -0.4 is 10.1 Å². The molecule has 0 bridgehead atoms. The fourth-order valence-electron chi connectivity index (χ4n) is 10.0. The van der Waals surface area contributed by atoms with Crippen molar-refractivity contribution in [1.82, 2.24) is 14.9 Å². The van der Waals surface area contributed by atoms with Crippen molar-refractivity contribution in [3.63, 3.8) is 0 Å². The molecule has 0 aliphatic heterocycles. The number of carbonyl (C=O) groups is 2. The molecule has 1 amide bonds. The number of nitrogens with zero attached hydrogens (tertiary/aromatic N) is 2. The van der Waals surface area contributed by atoms with Gasteiger partial charge in [-0.1, -0.05) is 96.6 Å². The van der Waals surface area contributed by atoms with Gasteiger partial charge >= 0.3 is 5.97 Å². The maximum absolute atomic E-state index is 13.4. The molecule has 3 atom stereocenters. The fraction of sp³-hybridized carbons (Fsp3) is 0.523. The van der Waals surface area contributed by atoms with Gasteiger partial charge in [-0.25, -0.2) is 9.78 Å². The standard InChI is InChI=1S/C44H55N3O4/c1-29(2)31-14-17-36-32(24-31)16-19-39-43(3,21-9-22-44(36,39)4)28-47-38-18-15-34(42(50)45-23-20-30-10-6-5-7-11-30)26-37(38)46-41(47)33-12-8-13-35(25-33)51-27-40(48)49/h8,12-15,17-18,24-26,29-30,39H,5-7,9-11,16,19-23,27-28H2,1-4H3,(H,45,50)(H,48,49). The molecule has 2 N–H and O–H groups in total. The van der Waals surface area contributed by atoms with Crippen LogP contribution in [0.1, 0.15) is 125 Å². The van der Waals surface area contributed by atoms with Gasteiger partial charge < -0.3 is 19.7 Å². The first-order valence-electron chi connectivity index (χ1n) is 19.4. The number of ether oxygens (including phenoxy) is 1. The Balaban J connectivity index is 1.22. The minimum absolute atomic E-state index is 0.0103. The summed E-state index contributed by atoms with van der Waals surface area (Å²) in [4.78, 5) is 29.9. The molecule has 0 radical (unpaired) electrons. The molecule has 3 aliphatic rings. The Morgan fingerprint density at radius 3 is 2.59 bits per heavy atom. The average Bonchev–Trinajstić information content (AvgIpc) is 3.47. The predicted octanol–water partition coefficient (Wildman–Crippen LogP) is 9.70. The number of aliphatic carboxylic acids is 1. The van der Waals surface area contributed by atoms with Crippen molar-refractivity contribution in [2.24, 2.45) is 17.3 Å². The van der Waals surface area contributed by atoms with Gasteiger partial charge in [0, 0.05) is 24.2 Å². The number of hydrogen-bond acceptors (Lipinski definition) is 4. The first-order chi connectivity index (χ1) is 24.5. The number of benzene rings is 3. The Morgan fingerprint density at radius 1 is 0.980 bits per heavy atom. The van der Waals surface area contributed by atoms with E-state index in [1.54, 1.807) is 6.07 Å². The number of hydrogen-bond donors (Lipinski definition) is 2. The topological polar surface area (TPSA) is 93.4 Å². The monoisotopic (exact) mass is 689 g/mol. The Bertz CT molecular complexity index is 1910. The van der Waals surface area contributed by atoms with Gasteiger partial charge in [0.05, 0.1) is 11.0 Å². The minimum Gasteiger partial charge on any atom is -0.482 e. The quantitative estimate of drug-likeness (QED) is 0.164. The molecule has 51 heavy (non-hydrogen) atoms. The number of aryl methyl sites for hydroxylation is 1. The van der Waals surface area contributed by atoms with Gasteiger partial charge in [0.15, 0.2) is 6.61 Å². The third-order valence-corrected chi connectivity index (χ3v) is 12.7.